The van der Waals surface area contributed by atoms with E-state index in [4.69, 9.17) is 4.74 Å². The Kier molecular flexibility index (Phi) is 3.36. The molecule has 5 heteroatoms. The number of epoxide rings is 1. The molecule has 0 saturated carbocycles. The van der Waals surface area contributed by atoms with Crippen LogP contribution in [0.3, 0.4) is 0 Å². The van der Waals surface area contributed by atoms with Crippen molar-refractivity contribution in [2.24, 2.45) is 0 Å². The van der Waals surface area contributed by atoms with Crippen LogP contribution in [0, 0.1) is 10.1 Å². The SMILES string of the molecule is C[Si](C)(C)/C=C/[C@H]1O[C@H]1c1ccc([N+](=O)[O-])cc1. The summed E-state index contributed by atoms with van der Waals surface area (Å²) >= 11 is 0. The number of ether oxygens (including phenoxy) is 1. The van der Waals surface area contributed by atoms with Crippen LogP contribution in [0.15, 0.2) is 36.0 Å². The molecule has 1 heterocycles. The normalized spacial score (nSPS) is 23.3. The molecule has 1 aliphatic rings. The molecule has 0 unspecified atom stereocenters. The predicted molar refractivity (Wildman–Crippen MR) is 73.2 cm³/mol. The van der Waals surface area contributed by atoms with E-state index < -0.39 is 8.07 Å². The van der Waals surface area contributed by atoms with Crippen LogP contribution >= 0.6 is 0 Å². The average Bonchev–Trinajstić information content (AvgIpc) is 3.05. The van der Waals surface area contributed by atoms with Crippen molar-refractivity contribution in [1.82, 2.24) is 0 Å². The standard InChI is InChI=1S/C13H17NO3Si/c1-18(2,3)9-8-12-13(17-12)10-4-6-11(7-5-10)14(15)16/h4-9,12-13H,1-3H3/b9-8+/t12-,13+/m1/s1. The lowest BCUT2D eigenvalue weighted by Gasteiger charge is -2.07. The molecule has 2 rings (SSSR count). The van der Waals surface area contributed by atoms with Gasteiger partial charge in [-0.25, -0.2) is 0 Å². The van der Waals surface area contributed by atoms with E-state index in [1.807, 2.05) is 0 Å². The average molecular weight is 263 g/mol. The van der Waals surface area contributed by atoms with Crippen molar-refractivity contribution < 1.29 is 9.66 Å². The Morgan fingerprint density at radius 2 is 1.89 bits per heavy atom. The zero-order valence-electron chi connectivity index (χ0n) is 10.8. The monoisotopic (exact) mass is 263 g/mol. The van der Waals surface area contributed by atoms with Crippen molar-refractivity contribution in [3.8, 4) is 0 Å². The Bertz CT molecular complexity index is 476. The summed E-state index contributed by atoms with van der Waals surface area (Å²) in [6, 6.07) is 6.59. The van der Waals surface area contributed by atoms with Crippen LogP contribution in [0.5, 0.6) is 0 Å². The first-order valence-corrected chi connectivity index (χ1v) is 9.54. The van der Waals surface area contributed by atoms with Gasteiger partial charge in [0.05, 0.1) is 13.0 Å². The summed E-state index contributed by atoms with van der Waals surface area (Å²) in [5.41, 5.74) is 3.39. The van der Waals surface area contributed by atoms with Gasteiger partial charge in [-0.1, -0.05) is 31.4 Å². The van der Waals surface area contributed by atoms with Crippen LogP contribution < -0.4 is 0 Å². The second-order valence-electron chi connectivity index (χ2n) is 5.60. The van der Waals surface area contributed by atoms with Crippen LogP contribution in [-0.2, 0) is 4.74 Å². The molecule has 4 nitrogen and oxygen atoms in total. The molecule has 1 saturated heterocycles. The summed E-state index contributed by atoms with van der Waals surface area (Å²) < 4.78 is 5.56. The van der Waals surface area contributed by atoms with Gasteiger partial charge in [-0.3, -0.25) is 10.1 Å². The number of nitrogens with zero attached hydrogens (tertiary/aromatic N) is 1. The number of nitro groups is 1. The molecule has 1 aromatic rings. The van der Waals surface area contributed by atoms with E-state index in [0.717, 1.165) is 5.56 Å². The highest BCUT2D eigenvalue weighted by atomic mass is 28.3. The van der Waals surface area contributed by atoms with Crippen LogP contribution in [-0.4, -0.2) is 19.1 Å². The van der Waals surface area contributed by atoms with Crippen molar-refractivity contribution in [1.29, 1.82) is 0 Å². The second-order valence-corrected chi connectivity index (χ2v) is 10.7. The van der Waals surface area contributed by atoms with E-state index in [0.29, 0.717) is 0 Å². The topological polar surface area (TPSA) is 55.7 Å². The summed E-state index contributed by atoms with van der Waals surface area (Å²) in [6.07, 6.45) is 2.33. The predicted octanol–water partition coefficient (Wildman–Crippen LogP) is 3.47. The molecular formula is C13H17NO3Si. The number of nitro benzene ring substituents is 1. The number of hydrogen-bond acceptors (Lipinski definition) is 3. The number of rotatable bonds is 4. The fraction of sp³-hybridized carbons (Fsp3) is 0.385. The highest BCUT2D eigenvalue weighted by Gasteiger charge is 2.38. The quantitative estimate of drug-likeness (QED) is 0.362. The molecule has 0 N–H and O–H groups in total. The maximum Gasteiger partial charge on any atom is 0.269 e. The largest absolute Gasteiger partial charge is 0.360 e. The first-order valence-electron chi connectivity index (χ1n) is 5.96. The molecule has 0 aromatic heterocycles. The van der Waals surface area contributed by atoms with Crippen LogP contribution in [0.25, 0.3) is 0 Å². The van der Waals surface area contributed by atoms with Crippen LogP contribution in [0.2, 0.25) is 19.6 Å². The maximum absolute atomic E-state index is 10.5. The molecule has 1 aliphatic heterocycles. The van der Waals surface area contributed by atoms with Gasteiger partial charge >= 0.3 is 0 Å². The third-order valence-corrected chi connectivity index (χ3v) is 3.94. The minimum atomic E-state index is -1.18. The lowest BCUT2D eigenvalue weighted by molar-refractivity contribution is -0.384. The van der Waals surface area contributed by atoms with Crippen molar-refractivity contribution in [2.75, 3.05) is 0 Å². The fourth-order valence-electron chi connectivity index (χ4n) is 1.71. The molecule has 0 amide bonds. The summed E-state index contributed by atoms with van der Waals surface area (Å²) in [6.45, 7) is 6.81. The van der Waals surface area contributed by atoms with E-state index in [2.05, 4.69) is 31.4 Å². The third kappa shape index (κ3) is 3.27. The maximum atomic E-state index is 10.5. The van der Waals surface area contributed by atoms with Gasteiger partial charge in [0.2, 0.25) is 0 Å². The summed E-state index contributed by atoms with van der Waals surface area (Å²) in [5, 5.41) is 10.5. The second kappa shape index (κ2) is 4.66. The molecule has 1 aromatic carbocycles. The van der Waals surface area contributed by atoms with Crippen molar-refractivity contribution in [3.05, 3.63) is 51.7 Å². The Morgan fingerprint density at radius 3 is 2.39 bits per heavy atom. The molecule has 2 atom stereocenters. The molecule has 18 heavy (non-hydrogen) atoms. The minimum absolute atomic E-state index is 0.0680. The smallest absolute Gasteiger partial charge is 0.269 e. The van der Waals surface area contributed by atoms with Crippen LogP contribution in [0.1, 0.15) is 11.7 Å². The molecular weight excluding hydrogens is 246 g/mol. The third-order valence-electron chi connectivity index (χ3n) is 2.74. The Labute approximate surface area is 107 Å². The summed E-state index contributed by atoms with van der Waals surface area (Å²) in [4.78, 5) is 10.2. The summed E-state index contributed by atoms with van der Waals surface area (Å²) in [5.74, 6) is 0. The lowest BCUT2D eigenvalue weighted by atomic mass is 10.1. The van der Waals surface area contributed by atoms with Gasteiger partial charge in [0.15, 0.2) is 0 Å². The van der Waals surface area contributed by atoms with E-state index in [-0.39, 0.29) is 22.8 Å². The fourth-order valence-corrected chi connectivity index (χ4v) is 2.47. The first-order chi connectivity index (χ1) is 8.37. The van der Waals surface area contributed by atoms with Gasteiger partial charge in [0.1, 0.15) is 12.2 Å². The van der Waals surface area contributed by atoms with E-state index >= 15 is 0 Å². The number of benzene rings is 1. The number of hydrogen-bond donors (Lipinski definition) is 0. The van der Waals surface area contributed by atoms with Gasteiger partial charge < -0.3 is 4.74 Å². The highest BCUT2D eigenvalue weighted by Crippen LogP contribution is 2.40. The lowest BCUT2D eigenvalue weighted by Crippen LogP contribution is -2.15. The molecule has 0 aliphatic carbocycles. The van der Waals surface area contributed by atoms with Crippen molar-refractivity contribution in [2.45, 2.75) is 31.8 Å². The Morgan fingerprint density at radius 1 is 1.28 bits per heavy atom. The molecule has 96 valence electrons. The van der Waals surface area contributed by atoms with E-state index in [1.54, 1.807) is 12.1 Å². The summed E-state index contributed by atoms with van der Waals surface area (Å²) in [7, 11) is -1.18. The van der Waals surface area contributed by atoms with Crippen molar-refractivity contribution >= 4 is 13.8 Å². The van der Waals surface area contributed by atoms with Crippen molar-refractivity contribution in [3.63, 3.8) is 0 Å². The first kappa shape index (κ1) is 13.0. The molecule has 1 fully saturated rings. The minimum Gasteiger partial charge on any atom is -0.360 e. The highest BCUT2D eigenvalue weighted by molar-refractivity contribution is 6.80. The van der Waals surface area contributed by atoms with Gasteiger partial charge in [-0.2, -0.15) is 0 Å². The molecule has 0 radical (unpaired) electrons. The molecule has 0 spiro atoms. The van der Waals surface area contributed by atoms with Gasteiger partial charge in [0, 0.05) is 12.1 Å². The molecule has 0 bridgehead atoms. The zero-order chi connectivity index (χ0) is 13.3. The van der Waals surface area contributed by atoms with E-state index in [1.165, 1.54) is 12.1 Å². The van der Waals surface area contributed by atoms with Gasteiger partial charge in [0.25, 0.3) is 5.69 Å². The van der Waals surface area contributed by atoms with Gasteiger partial charge in [-0.05, 0) is 17.7 Å². The van der Waals surface area contributed by atoms with Crippen LogP contribution in [0.4, 0.5) is 5.69 Å². The Hall–Kier alpha value is -1.46. The van der Waals surface area contributed by atoms with Gasteiger partial charge in [-0.15, -0.1) is 0 Å². The van der Waals surface area contributed by atoms with E-state index in [9.17, 15) is 10.1 Å². The number of non-ortho nitro benzene ring substituents is 1. The zero-order valence-corrected chi connectivity index (χ0v) is 11.8. The Balaban J connectivity index is 1.99.